The molecule has 1 aromatic heterocycles. The summed E-state index contributed by atoms with van der Waals surface area (Å²) in [6, 6.07) is 10.00. The second-order valence-electron chi connectivity index (χ2n) is 5.77. The van der Waals surface area contributed by atoms with Crippen molar-refractivity contribution in [3.05, 3.63) is 48.4 Å². The summed E-state index contributed by atoms with van der Waals surface area (Å²) in [5.74, 6) is 0.567. The fourth-order valence-electron chi connectivity index (χ4n) is 2.73. The number of anilines is 1. The van der Waals surface area contributed by atoms with Gasteiger partial charge in [0.1, 0.15) is 5.76 Å². The first kappa shape index (κ1) is 16.7. The van der Waals surface area contributed by atoms with Crippen LogP contribution >= 0.6 is 0 Å². The number of sulfonamides is 1. The second kappa shape index (κ2) is 7.19. The van der Waals surface area contributed by atoms with Crippen LogP contribution in [0, 0.1) is 0 Å². The minimum absolute atomic E-state index is 0.179. The van der Waals surface area contributed by atoms with E-state index in [0.29, 0.717) is 25.2 Å². The number of carbonyl (C=O) groups excluding carboxylic acids is 1. The fraction of sp³-hybridized carbons (Fsp3) is 0.353. The van der Waals surface area contributed by atoms with Gasteiger partial charge in [0, 0.05) is 31.6 Å². The van der Waals surface area contributed by atoms with Gasteiger partial charge in [-0.2, -0.15) is 4.31 Å². The molecule has 0 atom stereocenters. The molecule has 0 unspecified atom stereocenters. The molecule has 1 fully saturated rings. The molecule has 0 spiro atoms. The van der Waals surface area contributed by atoms with Gasteiger partial charge in [0.05, 0.1) is 11.2 Å². The van der Waals surface area contributed by atoms with Crippen LogP contribution in [0.5, 0.6) is 0 Å². The van der Waals surface area contributed by atoms with Crippen molar-refractivity contribution in [1.29, 1.82) is 0 Å². The Bertz CT molecular complexity index is 794. The molecule has 1 aromatic carbocycles. The smallest absolute Gasteiger partial charge is 0.243 e. The molecule has 3 rings (SSSR count). The molecule has 2 aromatic rings. The topological polar surface area (TPSA) is 79.6 Å². The molecule has 7 heteroatoms. The van der Waals surface area contributed by atoms with Crippen LogP contribution in [0.15, 0.2) is 52.0 Å². The quantitative estimate of drug-likeness (QED) is 0.870. The van der Waals surface area contributed by atoms with Gasteiger partial charge in [-0.1, -0.05) is 6.07 Å². The number of amides is 1. The summed E-state index contributed by atoms with van der Waals surface area (Å²) in [4.78, 5) is 12.2. The van der Waals surface area contributed by atoms with Crippen LogP contribution in [-0.4, -0.2) is 31.7 Å². The highest BCUT2D eigenvalue weighted by Crippen LogP contribution is 2.23. The number of hydrogen-bond donors (Lipinski definition) is 1. The lowest BCUT2D eigenvalue weighted by Gasteiger charge is -2.16. The van der Waals surface area contributed by atoms with E-state index in [2.05, 4.69) is 5.32 Å². The molecule has 1 aliphatic heterocycles. The molecule has 2 heterocycles. The van der Waals surface area contributed by atoms with Crippen molar-refractivity contribution in [3.63, 3.8) is 0 Å². The summed E-state index contributed by atoms with van der Waals surface area (Å²) in [5.41, 5.74) is 0.486. The Labute approximate surface area is 141 Å². The van der Waals surface area contributed by atoms with Gasteiger partial charge in [0.2, 0.25) is 15.9 Å². The number of carbonyl (C=O) groups is 1. The Balaban J connectivity index is 1.65. The summed E-state index contributed by atoms with van der Waals surface area (Å²) in [7, 11) is -3.48. The average molecular weight is 348 g/mol. The molecule has 1 aliphatic rings. The van der Waals surface area contributed by atoms with Crippen molar-refractivity contribution < 1.29 is 17.6 Å². The number of hydrogen-bond acceptors (Lipinski definition) is 4. The number of furan rings is 1. The highest BCUT2D eigenvalue weighted by Gasteiger charge is 2.27. The molecule has 0 saturated carbocycles. The Hall–Kier alpha value is -2.12. The third-order valence-electron chi connectivity index (χ3n) is 4.00. The maximum Gasteiger partial charge on any atom is 0.243 e. The third kappa shape index (κ3) is 3.85. The largest absolute Gasteiger partial charge is 0.469 e. The lowest BCUT2D eigenvalue weighted by molar-refractivity contribution is -0.116. The van der Waals surface area contributed by atoms with Crippen LogP contribution in [0.4, 0.5) is 5.69 Å². The molecule has 1 N–H and O–H groups in total. The van der Waals surface area contributed by atoms with E-state index < -0.39 is 10.0 Å². The second-order valence-corrected chi connectivity index (χ2v) is 7.70. The van der Waals surface area contributed by atoms with Gasteiger partial charge < -0.3 is 9.73 Å². The van der Waals surface area contributed by atoms with Crippen LogP contribution in [0.3, 0.4) is 0 Å². The minimum atomic E-state index is -3.48. The molecule has 24 heavy (non-hydrogen) atoms. The van der Waals surface area contributed by atoms with E-state index in [9.17, 15) is 13.2 Å². The van der Waals surface area contributed by atoms with E-state index in [1.54, 1.807) is 30.5 Å². The molecule has 1 amide bonds. The van der Waals surface area contributed by atoms with Crippen molar-refractivity contribution in [2.75, 3.05) is 18.4 Å². The summed E-state index contributed by atoms with van der Waals surface area (Å²) < 4.78 is 31.8. The minimum Gasteiger partial charge on any atom is -0.469 e. The zero-order valence-corrected chi connectivity index (χ0v) is 14.1. The van der Waals surface area contributed by atoms with E-state index in [0.717, 1.165) is 18.6 Å². The van der Waals surface area contributed by atoms with Gasteiger partial charge >= 0.3 is 0 Å². The maximum atomic E-state index is 12.6. The summed E-state index contributed by atoms with van der Waals surface area (Å²) in [6.45, 7) is 1.12. The van der Waals surface area contributed by atoms with Crippen LogP contribution < -0.4 is 5.32 Å². The molecule has 0 bridgehead atoms. The Morgan fingerprint density at radius 2 is 1.96 bits per heavy atom. The molecular weight excluding hydrogens is 328 g/mol. The molecule has 1 saturated heterocycles. The maximum absolute atomic E-state index is 12.6. The van der Waals surface area contributed by atoms with Gasteiger partial charge in [-0.15, -0.1) is 0 Å². The third-order valence-corrected chi connectivity index (χ3v) is 5.89. The van der Waals surface area contributed by atoms with Gasteiger partial charge in [0.15, 0.2) is 0 Å². The Morgan fingerprint density at radius 1 is 1.17 bits per heavy atom. The highest BCUT2D eigenvalue weighted by atomic mass is 32.2. The molecular formula is C17H20N2O4S. The number of nitrogens with zero attached hydrogens (tertiary/aromatic N) is 1. The van der Waals surface area contributed by atoms with Crippen molar-refractivity contribution in [2.24, 2.45) is 0 Å². The van der Waals surface area contributed by atoms with Crippen molar-refractivity contribution >= 4 is 21.6 Å². The fourth-order valence-corrected chi connectivity index (χ4v) is 4.29. The standard InChI is InChI=1S/C17H20N2O4S/c20-17(9-8-15-6-4-12-23-15)18-14-5-3-7-16(13-14)24(21,22)19-10-1-2-11-19/h3-7,12-13H,1-2,8-11H2,(H,18,20). The summed E-state index contributed by atoms with van der Waals surface area (Å²) >= 11 is 0. The summed E-state index contributed by atoms with van der Waals surface area (Å²) in [5, 5.41) is 2.74. The van der Waals surface area contributed by atoms with Crippen LogP contribution in [0.25, 0.3) is 0 Å². The average Bonchev–Trinajstić information content (AvgIpc) is 3.27. The Kier molecular flexibility index (Phi) is 5.01. The number of aryl methyl sites for hydroxylation is 1. The van der Waals surface area contributed by atoms with Crippen molar-refractivity contribution in [3.8, 4) is 0 Å². The first-order valence-electron chi connectivity index (χ1n) is 7.98. The van der Waals surface area contributed by atoms with Gasteiger partial charge in [0.25, 0.3) is 0 Å². The summed E-state index contributed by atoms with van der Waals surface area (Å²) in [6.07, 6.45) is 4.13. The van der Waals surface area contributed by atoms with E-state index in [4.69, 9.17) is 4.42 Å². The molecule has 0 aliphatic carbocycles. The van der Waals surface area contributed by atoms with Gasteiger partial charge in [-0.3, -0.25) is 4.79 Å². The van der Waals surface area contributed by atoms with E-state index in [1.165, 1.54) is 10.4 Å². The lowest BCUT2D eigenvalue weighted by atomic mass is 10.2. The van der Waals surface area contributed by atoms with Gasteiger partial charge in [-0.25, -0.2) is 8.42 Å². The van der Waals surface area contributed by atoms with Crippen molar-refractivity contribution in [1.82, 2.24) is 4.31 Å². The van der Waals surface area contributed by atoms with E-state index in [-0.39, 0.29) is 17.2 Å². The molecule has 128 valence electrons. The number of rotatable bonds is 6. The van der Waals surface area contributed by atoms with Crippen molar-refractivity contribution in [2.45, 2.75) is 30.6 Å². The number of benzene rings is 1. The lowest BCUT2D eigenvalue weighted by Crippen LogP contribution is -2.27. The molecule has 0 radical (unpaired) electrons. The zero-order valence-electron chi connectivity index (χ0n) is 13.3. The predicted molar refractivity (Wildman–Crippen MR) is 90.1 cm³/mol. The SMILES string of the molecule is O=C(CCc1ccco1)Nc1cccc(S(=O)(=O)N2CCCC2)c1. The number of nitrogens with one attached hydrogen (secondary N) is 1. The first-order valence-corrected chi connectivity index (χ1v) is 9.42. The Morgan fingerprint density at radius 3 is 2.67 bits per heavy atom. The van der Waals surface area contributed by atoms with Crippen LogP contribution in [-0.2, 0) is 21.2 Å². The molecule has 6 nitrogen and oxygen atoms in total. The van der Waals surface area contributed by atoms with Gasteiger partial charge in [-0.05, 0) is 43.2 Å². The monoisotopic (exact) mass is 348 g/mol. The first-order chi connectivity index (χ1) is 11.6. The van der Waals surface area contributed by atoms with E-state index >= 15 is 0 Å². The normalized spacial score (nSPS) is 15.5. The van der Waals surface area contributed by atoms with Crippen LogP contribution in [0.2, 0.25) is 0 Å². The van der Waals surface area contributed by atoms with Crippen LogP contribution in [0.1, 0.15) is 25.0 Å². The predicted octanol–water partition coefficient (Wildman–Crippen LogP) is 2.64. The zero-order chi connectivity index (χ0) is 17.0. The van der Waals surface area contributed by atoms with E-state index in [1.807, 2.05) is 6.07 Å². The highest BCUT2D eigenvalue weighted by molar-refractivity contribution is 7.89.